The predicted molar refractivity (Wildman–Crippen MR) is 191 cm³/mol. The topological polar surface area (TPSA) is 178 Å². The number of allylic oxidation sites excluding steroid dienone is 2. The van der Waals surface area contributed by atoms with Crippen LogP contribution in [0.15, 0.2) is 83.6 Å². The quantitative estimate of drug-likeness (QED) is 0.181. The fraction of sp³-hybridized carbons (Fsp3) is 0.259. The molecule has 43 heavy (non-hydrogen) atoms. The van der Waals surface area contributed by atoms with Crippen molar-refractivity contribution in [2.24, 2.45) is 24.1 Å². The van der Waals surface area contributed by atoms with E-state index < -0.39 is 0 Å². The predicted octanol–water partition coefficient (Wildman–Crippen LogP) is 1.58. The molecule has 0 atom stereocenters. The third kappa shape index (κ3) is 21.8. The molecule has 0 fully saturated rings. The number of carbonyl (C=O) groups is 2. The number of aliphatic imine (C=N–C) groups is 2. The van der Waals surface area contributed by atoms with Gasteiger partial charge in [0.25, 0.3) is 0 Å². The van der Waals surface area contributed by atoms with Gasteiger partial charge < -0.3 is 22.2 Å². The van der Waals surface area contributed by atoms with Crippen LogP contribution in [0.25, 0.3) is 11.6 Å². The van der Waals surface area contributed by atoms with Crippen LogP contribution in [0, 0.1) is 13.8 Å². The minimum atomic E-state index is 0. The summed E-state index contributed by atoms with van der Waals surface area (Å²) in [6.45, 7) is 4.19. The molecule has 16 heteroatoms. The van der Waals surface area contributed by atoms with Gasteiger partial charge in [-0.25, -0.2) is 9.97 Å². The summed E-state index contributed by atoms with van der Waals surface area (Å²) < 4.78 is 13.0. The molecule has 5 N–H and O–H groups in total. The molecule has 0 unspecified atom stereocenters. The maximum Gasteiger partial charge on any atom is 1.00 e. The SMILES string of the molecule is C.C1=CN=C(C2=NC=CC2)C1.Cc1ccc(C)cc1.Cn1ccnc1-c1nccn1C.I.N.O.O=CC=O.O=S=S=S.[H-].[K+]. The first-order valence-corrected chi connectivity index (χ1v) is 14.3. The van der Waals surface area contributed by atoms with Gasteiger partial charge in [0.2, 0.25) is 0 Å². The largest absolute Gasteiger partial charge is 1.00 e. The molecule has 4 heterocycles. The number of carbonyl (C=O) groups excluding carboxylic acids is 2. The fourth-order valence-electron chi connectivity index (χ4n) is 2.90. The third-order valence-corrected chi connectivity index (χ3v) is 5.49. The number of rotatable bonds is 3. The second-order valence-corrected chi connectivity index (χ2v) is 9.93. The first kappa shape index (κ1) is 51.1. The van der Waals surface area contributed by atoms with Crippen molar-refractivity contribution in [3.63, 3.8) is 0 Å². The number of nitrogens with zero attached hydrogens (tertiary/aromatic N) is 6. The van der Waals surface area contributed by atoms with Crippen molar-refractivity contribution in [2.75, 3.05) is 0 Å². The van der Waals surface area contributed by atoms with Crippen molar-refractivity contribution >= 4 is 78.3 Å². The van der Waals surface area contributed by atoms with E-state index in [0.29, 0.717) is 10.2 Å². The average molecular weight is 790 g/mol. The summed E-state index contributed by atoms with van der Waals surface area (Å²) in [6.07, 6.45) is 17.4. The number of hydrogen-bond acceptors (Lipinski definition) is 9. The monoisotopic (exact) mass is 789 g/mol. The number of aromatic nitrogens is 4. The number of aldehydes is 2. The van der Waals surface area contributed by atoms with Crippen LogP contribution in [0.5, 0.6) is 0 Å². The molecule has 0 aliphatic carbocycles. The maximum atomic E-state index is 9.07. The molecule has 0 saturated heterocycles. The third-order valence-electron chi connectivity index (χ3n) is 4.77. The molecule has 0 radical (unpaired) electrons. The fourth-order valence-corrected chi connectivity index (χ4v) is 2.90. The summed E-state index contributed by atoms with van der Waals surface area (Å²) in [6, 6.07) is 8.48. The molecule has 234 valence electrons. The van der Waals surface area contributed by atoms with Gasteiger partial charge in [-0.3, -0.25) is 19.6 Å². The first-order chi connectivity index (χ1) is 18.4. The summed E-state index contributed by atoms with van der Waals surface area (Å²) in [5.41, 5.74) is 4.92. The maximum absolute atomic E-state index is 9.07. The van der Waals surface area contributed by atoms with E-state index in [9.17, 15) is 0 Å². The normalized spacial score (nSPS) is 10.6. The summed E-state index contributed by atoms with van der Waals surface area (Å²) in [5, 5.41) is 0. The van der Waals surface area contributed by atoms with E-state index >= 15 is 0 Å². The Kier molecular flexibility index (Phi) is 38.0. The number of hydrogen-bond donors (Lipinski definition) is 1. The van der Waals surface area contributed by atoms with Crippen LogP contribution in [-0.4, -0.2) is 52.8 Å². The molecule has 3 aromatic rings. The first-order valence-electron chi connectivity index (χ1n) is 11.3. The zero-order valence-corrected chi connectivity index (χ0v) is 32.1. The van der Waals surface area contributed by atoms with Crippen LogP contribution >= 0.6 is 24.0 Å². The smallest absolute Gasteiger partial charge is 1.00 e. The Morgan fingerprint density at radius 2 is 1.16 bits per heavy atom. The van der Waals surface area contributed by atoms with Crippen LogP contribution in [0.2, 0.25) is 0 Å². The van der Waals surface area contributed by atoms with E-state index in [4.69, 9.17) is 13.8 Å². The summed E-state index contributed by atoms with van der Waals surface area (Å²) in [7, 11) is 5.05. The summed E-state index contributed by atoms with van der Waals surface area (Å²) in [5.74, 6) is 1.78. The molecule has 2 aliphatic rings. The molecule has 11 nitrogen and oxygen atoms in total. The van der Waals surface area contributed by atoms with Gasteiger partial charge in [0, 0.05) is 84.2 Å². The standard InChI is InChI=1S/C8H10N4.C8H8N2.C8H10.C2H2O2.CH4.HI.K.H3N.OS3.H2O.H/c1-11-5-3-9-7(11)8-10-4-6-12(8)2;1-3-7(9-5-1)8-4-2-6-10-8;1-7-3-5-8(2)6-4-7;3-1-2-4;;;;;1-3-4-2;;/h3-6H,1-2H3;1-2,5-6H,3-4H2;3-6H,1-2H3;1-2H;1H4;1H;;1H3;;1H2;/q;;;;;;+1;;;;-1. The van der Waals surface area contributed by atoms with E-state index in [1.54, 1.807) is 12.4 Å². The van der Waals surface area contributed by atoms with Gasteiger partial charge in [-0.15, -0.1) is 24.0 Å². The van der Waals surface area contributed by atoms with Crippen molar-refractivity contribution in [3.05, 3.63) is 84.7 Å². The summed E-state index contributed by atoms with van der Waals surface area (Å²) >= 11 is 4.12. The second kappa shape index (κ2) is 32.0. The minimum Gasteiger partial charge on any atom is -1.00 e. The molecular weight excluding hydrogens is 749 g/mol. The number of benzene rings is 1. The van der Waals surface area contributed by atoms with E-state index in [1.807, 2.05) is 48.0 Å². The number of imidazole rings is 2. The molecule has 0 amide bonds. The molecular formula is C27H41IKN7O4S3. The van der Waals surface area contributed by atoms with Crippen LogP contribution < -0.4 is 57.5 Å². The molecule has 2 aliphatic heterocycles. The van der Waals surface area contributed by atoms with E-state index in [-0.39, 0.29) is 108 Å². The Morgan fingerprint density at radius 3 is 1.35 bits per heavy atom. The van der Waals surface area contributed by atoms with Crippen LogP contribution in [0.3, 0.4) is 0 Å². The second-order valence-electron chi connectivity index (χ2n) is 7.62. The molecule has 0 spiro atoms. The molecule has 5 rings (SSSR count). The van der Waals surface area contributed by atoms with Gasteiger partial charge in [-0.05, 0) is 13.8 Å². The number of aryl methyl sites for hydroxylation is 4. The van der Waals surface area contributed by atoms with Crippen LogP contribution in [0.4, 0.5) is 0 Å². The molecule has 0 saturated carbocycles. The van der Waals surface area contributed by atoms with Gasteiger partial charge >= 0.3 is 51.4 Å². The molecule has 1 aromatic carbocycles. The Hall–Kier alpha value is -1.45. The van der Waals surface area contributed by atoms with Gasteiger partial charge in [-0.1, -0.05) is 55.0 Å². The average Bonchev–Trinajstić information content (AvgIpc) is 3.75. The van der Waals surface area contributed by atoms with Crippen molar-refractivity contribution in [1.82, 2.24) is 25.3 Å². The molecule has 2 aromatic heterocycles. The van der Waals surface area contributed by atoms with Crippen molar-refractivity contribution in [3.8, 4) is 11.6 Å². The zero-order valence-electron chi connectivity index (χ0n) is 25.2. The van der Waals surface area contributed by atoms with Gasteiger partial charge in [0.1, 0.15) is 0 Å². The van der Waals surface area contributed by atoms with Gasteiger partial charge in [0.15, 0.2) is 34.4 Å². The molecule has 0 bridgehead atoms. The van der Waals surface area contributed by atoms with Gasteiger partial charge in [-0.2, -0.15) is 4.21 Å². The van der Waals surface area contributed by atoms with E-state index in [2.05, 4.69) is 81.4 Å². The zero-order chi connectivity index (χ0) is 28.2. The van der Waals surface area contributed by atoms with Crippen molar-refractivity contribution in [2.45, 2.75) is 34.1 Å². The van der Waals surface area contributed by atoms with Crippen molar-refractivity contribution < 1.29 is 72.1 Å². The number of halogens is 1. The Balaban J connectivity index is -0.000000105. The van der Waals surface area contributed by atoms with Crippen LogP contribution in [-0.2, 0) is 54.0 Å². The van der Waals surface area contributed by atoms with Gasteiger partial charge in [0.05, 0.1) is 11.4 Å². The summed E-state index contributed by atoms with van der Waals surface area (Å²) in [4.78, 5) is 34.4. The van der Waals surface area contributed by atoms with E-state index in [0.717, 1.165) is 44.8 Å². The Labute approximate surface area is 326 Å². The Morgan fingerprint density at radius 1 is 0.837 bits per heavy atom. The van der Waals surface area contributed by atoms with Crippen LogP contribution in [0.1, 0.15) is 32.8 Å². The van der Waals surface area contributed by atoms with E-state index in [1.165, 1.54) is 11.1 Å². The van der Waals surface area contributed by atoms with Crippen molar-refractivity contribution in [1.29, 1.82) is 0 Å². The Bertz CT molecular complexity index is 1280. The minimum absolute atomic E-state index is 0.